The molecule has 0 bridgehead atoms. The van der Waals surface area contributed by atoms with E-state index in [1.54, 1.807) is 0 Å². The topological polar surface area (TPSA) is 26.0 Å². The highest BCUT2D eigenvalue weighted by Gasteiger charge is 2.71. The van der Waals surface area contributed by atoms with Crippen molar-refractivity contribution in [1.82, 2.24) is 0 Å². The number of rotatable bonds is 1. The van der Waals surface area contributed by atoms with Crippen LogP contribution in [-0.2, 0) is 0 Å². The van der Waals surface area contributed by atoms with Gasteiger partial charge in [0, 0.05) is 11.3 Å². The molecular weight excluding hydrogens is 430 g/mol. The van der Waals surface area contributed by atoms with Crippen LogP contribution in [0.2, 0.25) is 0 Å². The number of fused-ring (bicyclic) bond motifs is 7. The average molecular weight is 487 g/mol. The predicted molar refractivity (Wildman–Crippen MR) is 150 cm³/mol. The number of nitrogens with two attached hydrogens (primary N) is 1. The van der Waals surface area contributed by atoms with Crippen LogP contribution >= 0.6 is 12.6 Å². The van der Waals surface area contributed by atoms with E-state index in [-0.39, 0.29) is 11.5 Å². The summed E-state index contributed by atoms with van der Waals surface area (Å²) >= 11 is 5.25. The number of thiol groups is 1. The summed E-state index contributed by atoms with van der Waals surface area (Å²) in [6.07, 6.45) is 12.6. The fourth-order valence-electron chi connectivity index (χ4n) is 12.6. The maximum absolute atomic E-state index is 6.75. The van der Waals surface area contributed by atoms with E-state index in [0.717, 1.165) is 35.5 Å². The molecule has 2 N–H and O–H groups in total. The maximum atomic E-state index is 6.75. The van der Waals surface area contributed by atoms with E-state index < -0.39 is 0 Å². The zero-order valence-electron chi connectivity index (χ0n) is 23.8. The molecule has 0 spiro atoms. The molecule has 34 heavy (non-hydrogen) atoms. The van der Waals surface area contributed by atoms with Gasteiger partial charge in [-0.3, -0.25) is 0 Å². The van der Waals surface area contributed by atoms with Crippen LogP contribution in [0.15, 0.2) is 0 Å². The van der Waals surface area contributed by atoms with Gasteiger partial charge in [-0.05, 0) is 133 Å². The van der Waals surface area contributed by atoms with Crippen molar-refractivity contribution in [1.29, 1.82) is 0 Å². The van der Waals surface area contributed by atoms with E-state index in [1.165, 1.54) is 57.8 Å². The monoisotopic (exact) mass is 486 g/mol. The molecule has 2 heteroatoms. The molecule has 195 valence electrons. The van der Waals surface area contributed by atoms with Crippen molar-refractivity contribution in [2.45, 2.75) is 124 Å². The minimum Gasteiger partial charge on any atom is -0.327 e. The van der Waals surface area contributed by atoms with Crippen molar-refractivity contribution >= 4 is 12.6 Å². The SMILES string of the molecule is [CH2]C(N)C1C(S)CC(C)(C)[C@@H]2CC[C@]3(C)[C@H](CC[C@@H]4[C@@H]5[C@@H](C)[C@H](C)CC[C@]5(C)CC[C@]43C)[C@@]12C. The second-order valence-electron chi connectivity index (χ2n) is 16.0. The van der Waals surface area contributed by atoms with Gasteiger partial charge < -0.3 is 5.73 Å². The smallest absolute Gasteiger partial charge is 0.00836 e. The summed E-state index contributed by atoms with van der Waals surface area (Å²) in [5.41, 5.74) is 8.74. The molecule has 5 aliphatic rings. The van der Waals surface area contributed by atoms with Gasteiger partial charge in [0.1, 0.15) is 0 Å². The first-order valence-electron chi connectivity index (χ1n) is 14.9. The molecule has 3 unspecified atom stereocenters. The number of hydrogen-bond acceptors (Lipinski definition) is 2. The highest BCUT2D eigenvalue weighted by atomic mass is 32.1. The summed E-state index contributed by atoms with van der Waals surface area (Å²) in [5.74, 6) is 5.45. The fourth-order valence-corrected chi connectivity index (χ4v) is 13.7. The minimum absolute atomic E-state index is 0.0205. The van der Waals surface area contributed by atoms with Gasteiger partial charge in [-0.1, -0.05) is 55.4 Å². The van der Waals surface area contributed by atoms with E-state index in [2.05, 4.69) is 62.3 Å². The van der Waals surface area contributed by atoms with E-state index >= 15 is 0 Å². The standard InChI is InChI=1S/C32H56NS/c1-19-12-14-29(6)16-17-30(7)22(26(29)20(19)2)10-11-25-31(30,8)15-13-24-28(4,5)18-23(34)27(21(3)33)32(24,25)9/h19-27,34H,3,10-18,33H2,1-2,4-9H3/t19-,20+,21?,22-,23?,24+,25+,26+,27?,29-,30-,31-,32+/m1/s1. The summed E-state index contributed by atoms with van der Waals surface area (Å²) < 4.78 is 0. The lowest BCUT2D eigenvalue weighted by Gasteiger charge is -2.75. The molecule has 5 rings (SSSR count). The normalized spacial score (nSPS) is 59.7. The zero-order valence-corrected chi connectivity index (χ0v) is 24.7. The van der Waals surface area contributed by atoms with Gasteiger partial charge in [0.15, 0.2) is 0 Å². The number of hydrogen-bond donors (Lipinski definition) is 2. The Hall–Kier alpha value is 0.310. The minimum atomic E-state index is -0.0205. The van der Waals surface area contributed by atoms with Crippen molar-refractivity contribution in [3.8, 4) is 0 Å². The molecule has 0 aromatic rings. The van der Waals surface area contributed by atoms with E-state index in [9.17, 15) is 0 Å². The molecule has 0 saturated heterocycles. The first-order chi connectivity index (χ1) is 15.6. The second-order valence-corrected chi connectivity index (χ2v) is 16.7. The molecule has 0 aromatic carbocycles. The van der Waals surface area contributed by atoms with Crippen molar-refractivity contribution < 1.29 is 0 Å². The van der Waals surface area contributed by atoms with Crippen LogP contribution in [0.1, 0.15) is 113 Å². The molecule has 1 radical (unpaired) electrons. The summed E-state index contributed by atoms with van der Waals surface area (Å²) in [6.45, 7) is 25.6. The highest BCUT2D eigenvalue weighted by Crippen LogP contribution is 2.78. The molecule has 0 heterocycles. The van der Waals surface area contributed by atoms with Gasteiger partial charge in [0.05, 0.1) is 0 Å². The van der Waals surface area contributed by atoms with Crippen molar-refractivity contribution in [3.05, 3.63) is 6.92 Å². The molecule has 5 fully saturated rings. The third-order valence-electron chi connectivity index (χ3n) is 14.5. The van der Waals surface area contributed by atoms with Gasteiger partial charge in [-0.25, -0.2) is 0 Å². The lowest BCUT2D eigenvalue weighted by atomic mass is 9.30. The lowest BCUT2D eigenvalue weighted by Crippen LogP contribution is -2.70. The maximum Gasteiger partial charge on any atom is 0.00836 e. The van der Waals surface area contributed by atoms with Crippen molar-refractivity contribution in [3.63, 3.8) is 0 Å². The molecule has 0 amide bonds. The van der Waals surface area contributed by atoms with E-state index in [4.69, 9.17) is 18.4 Å². The molecule has 0 aromatic heterocycles. The molecule has 5 aliphatic carbocycles. The van der Waals surface area contributed by atoms with Gasteiger partial charge in [0.25, 0.3) is 0 Å². The summed E-state index contributed by atoms with van der Waals surface area (Å²) in [6, 6.07) is -0.0205. The van der Waals surface area contributed by atoms with Crippen LogP contribution in [-0.4, -0.2) is 11.3 Å². The summed E-state index contributed by atoms with van der Waals surface area (Å²) in [4.78, 5) is 0. The Balaban J connectivity index is 1.59. The highest BCUT2D eigenvalue weighted by molar-refractivity contribution is 7.81. The Morgan fingerprint density at radius 2 is 1.50 bits per heavy atom. The summed E-state index contributed by atoms with van der Waals surface area (Å²) in [7, 11) is 0. The van der Waals surface area contributed by atoms with Gasteiger partial charge in [-0.15, -0.1) is 0 Å². The van der Waals surface area contributed by atoms with Gasteiger partial charge >= 0.3 is 0 Å². The second kappa shape index (κ2) is 7.91. The first kappa shape index (κ1) is 25.9. The Morgan fingerprint density at radius 3 is 2.15 bits per heavy atom. The third-order valence-corrected chi connectivity index (χ3v) is 15.0. The largest absolute Gasteiger partial charge is 0.327 e. The third kappa shape index (κ3) is 3.15. The molecule has 1 nitrogen and oxygen atoms in total. The van der Waals surface area contributed by atoms with Crippen molar-refractivity contribution in [2.24, 2.45) is 74.2 Å². The Bertz CT molecular complexity index is 801. The zero-order chi connectivity index (χ0) is 25.1. The van der Waals surface area contributed by atoms with Crippen molar-refractivity contribution in [2.75, 3.05) is 0 Å². The van der Waals surface area contributed by atoms with Crippen LogP contribution < -0.4 is 5.73 Å². The molecule has 5 saturated carbocycles. The van der Waals surface area contributed by atoms with E-state index in [0.29, 0.717) is 32.8 Å². The van der Waals surface area contributed by atoms with Gasteiger partial charge in [0.2, 0.25) is 0 Å². The quantitative estimate of drug-likeness (QED) is 0.357. The summed E-state index contributed by atoms with van der Waals surface area (Å²) in [5, 5.41) is 0.366. The first-order valence-corrected chi connectivity index (χ1v) is 15.4. The Morgan fingerprint density at radius 1 is 0.824 bits per heavy atom. The van der Waals surface area contributed by atoms with Gasteiger partial charge in [-0.2, -0.15) is 12.6 Å². The van der Waals surface area contributed by atoms with Crippen LogP contribution in [0.25, 0.3) is 0 Å². The predicted octanol–water partition coefficient (Wildman–Crippen LogP) is 8.43. The Kier molecular flexibility index (Phi) is 6.03. The van der Waals surface area contributed by atoms with Crippen LogP contribution in [0.5, 0.6) is 0 Å². The van der Waals surface area contributed by atoms with Crippen LogP contribution in [0.4, 0.5) is 0 Å². The average Bonchev–Trinajstić information content (AvgIpc) is 2.70. The van der Waals surface area contributed by atoms with Crippen LogP contribution in [0, 0.1) is 75.4 Å². The van der Waals surface area contributed by atoms with Crippen LogP contribution in [0.3, 0.4) is 0 Å². The van der Waals surface area contributed by atoms with E-state index in [1.807, 2.05) is 0 Å². The fraction of sp³-hybridized carbons (Fsp3) is 0.969. The molecule has 0 aliphatic heterocycles. The molecule has 13 atom stereocenters. The molecular formula is C32H56NS. The Labute approximate surface area is 218 Å². The lowest BCUT2D eigenvalue weighted by molar-refractivity contribution is -0.258.